The van der Waals surface area contributed by atoms with Crippen LogP contribution in [0.1, 0.15) is 19.4 Å². The van der Waals surface area contributed by atoms with Crippen molar-refractivity contribution in [3.63, 3.8) is 0 Å². The monoisotopic (exact) mass is 264 g/mol. The van der Waals surface area contributed by atoms with Crippen LogP contribution in [-0.4, -0.2) is 33.4 Å². The van der Waals surface area contributed by atoms with Crippen LogP contribution in [0.3, 0.4) is 0 Å². The van der Waals surface area contributed by atoms with E-state index in [1.54, 1.807) is 33.5 Å². The molecule has 0 aromatic heterocycles. The third-order valence-electron chi connectivity index (χ3n) is 2.44. The second-order valence-corrected chi connectivity index (χ2v) is 4.15. The Morgan fingerprint density at radius 1 is 1.05 bits per heavy atom. The second kappa shape index (κ2) is 7.44. The van der Waals surface area contributed by atoms with Gasteiger partial charge in [-0.3, -0.25) is 0 Å². The van der Waals surface area contributed by atoms with Crippen LogP contribution in [0.15, 0.2) is 22.1 Å². The Hall–Kier alpha value is -2.00. The van der Waals surface area contributed by atoms with E-state index in [0.29, 0.717) is 23.8 Å². The van der Waals surface area contributed by atoms with Gasteiger partial charge in [-0.15, -0.1) is 0 Å². The minimum absolute atomic E-state index is 0.184. The highest BCUT2D eigenvalue weighted by molar-refractivity contribution is 5.52. The molecule has 0 fully saturated rings. The molecule has 5 nitrogen and oxygen atoms in total. The van der Waals surface area contributed by atoms with Crippen molar-refractivity contribution >= 4 is 6.01 Å². The lowest BCUT2D eigenvalue weighted by atomic mass is 10.1. The van der Waals surface area contributed by atoms with Crippen LogP contribution in [0.4, 0.5) is 0 Å². The first kappa shape index (κ1) is 15.1. The van der Waals surface area contributed by atoms with E-state index in [9.17, 15) is 0 Å². The topological polar surface area (TPSA) is 52.4 Å². The van der Waals surface area contributed by atoms with E-state index >= 15 is 0 Å². The molecule has 19 heavy (non-hydrogen) atoms. The van der Waals surface area contributed by atoms with E-state index in [1.165, 1.54) is 0 Å². The van der Waals surface area contributed by atoms with Crippen molar-refractivity contribution in [1.29, 1.82) is 0 Å². The zero-order valence-electron chi connectivity index (χ0n) is 12.1. The van der Waals surface area contributed by atoms with Crippen LogP contribution in [0.5, 0.6) is 17.2 Å². The molecule has 0 radical (unpaired) electrons. The van der Waals surface area contributed by atoms with E-state index in [1.807, 2.05) is 13.8 Å². The molecule has 0 spiro atoms. The molecule has 1 rings (SSSR count). The summed E-state index contributed by atoms with van der Waals surface area (Å²) in [6.07, 6.45) is 0. The van der Waals surface area contributed by atoms with Gasteiger partial charge in [-0.05, 0) is 13.8 Å². The average molecular weight is 264 g/mol. The fourth-order valence-electron chi connectivity index (χ4n) is 1.50. The fraction of sp³-hybridized carbons (Fsp3) is 0.500. The minimum Gasteiger partial charge on any atom is -0.496 e. The summed E-state index contributed by atoms with van der Waals surface area (Å²) >= 11 is 0. The van der Waals surface area contributed by atoms with Crippen molar-refractivity contribution in [2.45, 2.75) is 26.4 Å². The number of hydrogen-bond acceptors (Lipinski definition) is 5. The summed E-state index contributed by atoms with van der Waals surface area (Å²) in [5, 5.41) is 0. The maximum absolute atomic E-state index is 5.33. The van der Waals surface area contributed by atoms with Gasteiger partial charge >= 0.3 is 0 Å². The van der Waals surface area contributed by atoms with Crippen LogP contribution in [0.25, 0.3) is 0 Å². The molecule has 0 saturated heterocycles. The molecule has 0 unspecified atom stereocenters. The Bertz CT molecular complexity index is 453. The molecule has 104 valence electrons. The average Bonchev–Trinajstić information content (AvgIpc) is 2.42. The second-order valence-electron chi connectivity index (χ2n) is 4.15. The Kier molecular flexibility index (Phi) is 5.90. The molecule has 1 aromatic carbocycles. The highest BCUT2D eigenvalue weighted by Crippen LogP contribution is 2.34. The maximum atomic E-state index is 5.33. The molecule has 0 N–H and O–H groups in total. The number of rotatable bonds is 6. The molecular formula is C14H20N2O3. The minimum atomic E-state index is 0.184. The molecule has 0 atom stereocenters. The number of ether oxygens (including phenoxy) is 3. The molecule has 0 amide bonds. The zero-order chi connectivity index (χ0) is 14.3. The first-order valence-electron chi connectivity index (χ1n) is 6.02. The van der Waals surface area contributed by atoms with Crippen molar-refractivity contribution in [2.24, 2.45) is 9.98 Å². The lowest BCUT2D eigenvalue weighted by Gasteiger charge is -2.13. The van der Waals surface area contributed by atoms with Gasteiger partial charge < -0.3 is 14.2 Å². The molecule has 0 aliphatic rings. The van der Waals surface area contributed by atoms with E-state index < -0.39 is 0 Å². The Morgan fingerprint density at radius 3 is 2.05 bits per heavy atom. The zero-order valence-corrected chi connectivity index (χ0v) is 12.1. The van der Waals surface area contributed by atoms with Crippen molar-refractivity contribution in [2.75, 3.05) is 21.3 Å². The maximum Gasteiger partial charge on any atom is 0.131 e. The predicted molar refractivity (Wildman–Crippen MR) is 74.8 cm³/mol. The first-order valence-corrected chi connectivity index (χ1v) is 6.02. The van der Waals surface area contributed by atoms with Crippen LogP contribution in [-0.2, 0) is 6.54 Å². The third kappa shape index (κ3) is 4.30. The van der Waals surface area contributed by atoms with Crippen molar-refractivity contribution in [3.8, 4) is 17.2 Å². The quantitative estimate of drug-likeness (QED) is 0.742. The number of methoxy groups -OCH3 is 3. The number of nitrogens with zero attached hydrogens (tertiary/aromatic N) is 2. The summed E-state index contributed by atoms with van der Waals surface area (Å²) in [5.41, 5.74) is 0.845. The van der Waals surface area contributed by atoms with Gasteiger partial charge in [0.15, 0.2) is 0 Å². The molecule has 0 heterocycles. The lowest BCUT2D eigenvalue weighted by molar-refractivity contribution is 0.369. The van der Waals surface area contributed by atoms with Crippen LogP contribution in [0, 0.1) is 0 Å². The number of benzene rings is 1. The van der Waals surface area contributed by atoms with Crippen LogP contribution >= 0.6 is 0 Å². The Labute approximate surface area is 113 Å². The standard InChI is InChI=1S/C14H20N2O3/c1-10(2)16-9-15-8-12-13(18-4)6-11(17-3)7-14(12)19-5/h6-7,10H,8H2,1-5H3. The summed E-state index contributed by atoms with van der Waals surface area (Å²) in [6.45, 7) is 4.33. The van der Waals surface area contributed by atoms with Gasteiger partial charge in [0.1, 0.15) is 17.2 Å². The number of hydrogen-bond donors (Lipinski definition) is 0. The summed E-state index contributed by atoms with van der Waals surface area (Å²) in [7, 11) is 4.80. The summed E-state index contributed by atoms with van der Waals surface area (Å²) in [4.78, 5) is 8.20. The Balaban J connectivity index is 3.07. The lowest BCUT2D eigenvalue weighted by Crippen LogP contribution is -1.97. The molecule has 0 aliphatic heterocycles. The summed E-state index contributed by atoms with van der Waals surface area (Å²) in [5.74, 6) is 2.02. The predicted octanol–water partition coefficient (Wildman–Crippen LogP) is 2.79. The molecule has 1 aromatic rings. The highest BCUT2D eigenvalue weighted by Gasteiger charge is 2.12. The van der Waals surface area contributed by atoms with Gasteiger partial charge in [-0.1, -0.05) is 0 Å². The fourth-order valence-corrected chi connectivity index (χ4v) is 1.50. The molecule has 0 aliphatic carbocycles. The summed E-state index contributed by atoms with van der Waals surface area (Å²) < 4.78 is 15.8. The summed E-state index contributed by atoms with van der Waals surface area (Å²) in [6, 6.07) is 6.45. The SMILES string of the molecule is COc1cc(OC)c(CN=C=NC(C)C)c(OC)c1. The van der Waals surface area contributed by atoms with Gasteiger partial charge in [0, 0.05) is 12.1 Å². The Morgan fingerprint density at radius 2 is 1.63 bits per heavy atom. The van der Waals surface area contributed by atoms with E-state index in [2.05, 4.69) is 16.0 Å². The van der Waals surface area contributed by atoms with Gasteiger partial charge in [0.25, 0.3) is 0 Å². The molecular weight excluding hydrogens is 244 g/mol. The van der Waals surface area contributed by atoms with Gasteiger partial charge in [0.05, 0.1) is 45.5 Å². The highest BCUT2D eigenvalue weighted by atomic mass is 16.5. The van der Waals surface area contributed by atoms with E-state index in [-0.39, 0.29) is 6.04 Å². The largest absolute Gasteiger partial charge is 0.496 e. The molecule has 0 saturated carbocycles. The van der Waals surface area contributed by atoms with E-state index in [4.69, 9.17) is 14.2 Å². The smallest absolute Gasteiger partial charge is 0.131 e. The van der Waals surface area contributed by atoms with Crippen molar-refractivity contribution in [1.82, 2.24) is 0 Å². The van der Waals surface area contributed by atoms with Crippen LogP contribution in [0.2, 0.25) is 0 Å². The molecule has 0 bridgehead atoms. The number of aliphatic imine (C=N–C) groups is 2. The van der Waals surface area contributed by atoms with E-state index in [0.717, 1.165) is 5.56 Å². The van der Waals surface area contributed by atoms with Crippen LogP contribution < -0.4 is 14.2 Å². The van der Waals surface area contributed by atoms with Gasteiger partial charge in [-0.2, -0.15) is 0 Å². The van der Waals surface area contributed by atoms with Gasteiger partial charge in [-0.25, -0.2) is 9.98 Å². The third-order valence-corrected chi connectivity index (χ3v) is 2.44. The van der Waals surface area contributed by atoms with Crippen molar-refractivity contribution < 1.29 is 14.2 Å². The van der Waals surface area contributed by atoms with Gasteiger partial charge in [0.2, 0.25) is 0 Å². The van der Waals surface area contributed by atoms with Crippen molar-refractivity contribution in [3.05, 3.63) is 17.7 Å². The molecule has 5 heteroatoms. The first-order chi connectivity index (χ1) is 9.12. The normalized spacial score (nSPS) is 9.79.